The number of thiophene rings is 1. The predicted octanol–water partition coefficient (Wildman–Crippen LogP) is 3.22. The molecule has 0 N–H and O–H groups in total. The Labute approximate surface area is 116 Å². The fraction of sp³-hybridized carbons (Fsp3) is 0.0714. The molecule has 0 amide bonds. The van der Waals surface area contributed by atoms with E-state index >= 15 is 0 Å². The van der Waals surface area contributed by atoms with E-state index in [2.05, 4.69) is 26.7 Å². The third kappa shape index (κ3) is 1.19. The minimum atomic E-state index is 0.943. The fourth-order valence-corrected chi connectivity index (χ4v) is 5.38. The normalized spacial score (nSPS) is 13.1. The summed E-state index contributed by atoms with van der Waals surface area (Å²) in [5, 5.41) is 2.63. The van der Waals surface area contributed by atoms with Gasteiger partial charge in [0.05, 0.1) is 5.56 Å². The SMILES string of the molecule is c1cc2c(cn1)C[n+]1c-2sc2c3cnccc3sc21. The molecule has 0 unspecified atom stereocenters. The maximum Gasteiger partial charge on any atom is 0.281 e. The van der Waals surface area contributed by atoms with E-state index in [4.69, 9.17) is 0 Å². The van der Waals surface area contributed by atoms with Crippen LogP contribution in [0.5, 0.6) is 0 Å². The highest BCUT2D eigenvalue weighted by atomic mass is 32.1. The van der Waals surface area contributed by atoms with Crippen LogP contribution in [0.2, 0.25) is 0 Å². The summed E-state index contributed by atoms with van der Waals surface area (Å²) >= 11 is 3.73. The smallest absolute Gasteiger partial charge is 0.264 e. The number of aromatic nitrogens is 3. The average Bonchev–Trinajstić information content (AvgIpc) is 3.07. The van der Waals surface area contributed by atoms with Crippen LogP contribution < -0.4 is 4.57 Å². The molecule has 3 nitrogen and oxygen atoms in total. The molecular weight excluding hydrogens is 274 g/mol. The van der Waals surface area contributed by atoms with Crippen molar-refractivity contribution in [2.75, 3.05) is 0 Å². The van der Waals surface area contributed by atoms with Crippen LogP contribution in [0.4, 0.5) is 0 Å². The first-order chi connectivity index (χ1) is 9.42. The lowest BCUT2D eigenvalue weighted by molar-refractivity contribution is -0.639. The molecular formula is C14H8N3S2+. The van der Waals surface area contributed by atoms with E-state index in [1.807, 2.05) is 47.5 Å². The summed E-state index contributed by atoms with van der Waals surface area (Å²) in [5.41, 5.74) is 2.66. The van der Waals surface area contributed by atoms with Crippen molar-refractivity contribution < 1.29 is 4.57 Å². The van der Waals surface area contributed by atoms with Gasteiger partial charge in [0.1, 0.15) is 4.70 Å². The summed E-state index contributed by atoms with van der Waals surface area (Å²) < 4.78 is 5.10. The standard InChI is InChI=1S/C14H8N3S2/c1-3-15-5-8-7-17-13(9(1)8)19-12-10-6-16-4-2-11(10)18-14(12)17/h1-6H,7H2/q+1. The molecule has 0 radical (unpaired) electrons. The lowest BCUT2D eigenvalue weighted by Gasteiger charge is -1.89. The Kier molecular flexibility index (Phi) is 1.78. The summed E-state index contributed by atoms with van der Waals surface area (Å²) in [6, 6.07) is 4.22. The van der Waals surface area contributed by atoms with E-state index in [1.165, 1.54) is 35.8 Å². The molecule has 0 aromatic carbocycles. The summed E-state index contributed by atoms with van der Waals surface area (Å²) in [6.07, 6.45) is 7.71. The van der Waals surface area contributed by atoms with Gasteiger partial charge in [-0.25, -0.2) is 0 Å². The van der Waals surface area contributed by atoms with Crippen molar-refractivity contribution in [1.82, 2.24) is 9.97 Å². The van der Waals surface area contributed by atoms with E-state index in [0.717, 1.165) is 6.54 Å². The molecule has 0 atom stereocenters. The Morgan fingerprint density at radius 3 is 2.95 bits per heavy atom. The minimum Gasteiger partial charge on any atom is -0.264 e. The predicted molar refractivity (Wildman–Crippen MR) is 77.5 cm³/mol. The highest BCUT2D eigenvalue weighted by molar-refractivity contribution is 7.32. The largest absolute Gasteiger partial charge is 0.281 e. The minimum absolute atomic E-state index is 0.943. The third-order valence-corrected chi connectivity index (χ3v) is 6.15. The molecule has 0 spiro atoms. The maximum absolute atomic E-state index is 4.26. The van der Waals surface area contributed by atoms with Gasteiger partial charge in [0.25, 0.3) is 9.84 Å². The number of nitrogens with zero attached hydrogens (tertiary/aromatic N) is 3. The molecule has 0 saturated carbocycles. The van der Waals surface area contributed by atoms with Crippen molar-refractivity contribution >= 4 is 42.3 Å². The Morgan fingerprint density at radius 1 is 1.05 bits per heavy atom. The van der Waals surface area contributed by atoms with Crippen LogP contribution >= 0.6 is 22.7 Å². The molecule has 90 valence electrons. The van der Waals surface area contributed by atoms with Crippen LogP contribution in [-0.4, -0.2) is 9.97 Å². The van der Waals surface area contributed by atoms with Crippen molar-refractivity contribution in [3.05, 3.63) is 42.5 Å². The molecule has 5 heteroatoms. The highest BCUT2D eigenvalue weighted by Gasteiger charge is 2.33. The zero-order valence-corrected chi connectivity index (χ0v) is 11.5. The highest BCUT2D eigenvalue weighted by Crippen LogP contribution is 2.41. The van der Waals surface area contributed by atoms with Crippen molar-refractivity contribution in [3.63, 3.8) is 0 Å². The molecule has 1 aliphatic heterocycles. The Balaban J connectivity index is 1.93. The average molecular weight is 282 g/mol. The van der Waals surface area contributed by atoms with Crippen LogP contribution in [0.1, 0.15) is 5.56 Å². The Bertz CT molecular complexity index is 952. The van der Waals surface area contributed by atoms with E-state index in [-0.39, 0.29) is 0 Å². The van der Waals surface area contributed by atoms with E-state index in [0.29, 0.717) is 0 Å². The first-order valence-electron chi connectivity index (χ1n) is 6.04. The van der Waals surface area contributed by atoms with E-state index < -0.39 is 0 Å². The van der Waals surface area contributed by atoms with Gasteiger partial charge in [-0.2, -0.15) is 4.57 Å². The number of hydrogen-bond acceptors (Lipinski definition) is 4. The molecule has 0 saturated heterocycles. The molecule has 0 aliphatic carbocycles. The molecule has 1 aliphatic rings. The number of pyridine rings is 2. The van der Waals surface area contributed by atoms with Crippen LogP contribution in [0, 0.1) is 0 Å². The lowest BCUT2D eigenvalue weighted by Crippen LogP contribution is -2.29. The van der Waals surface area contributed by atoms with Crippen molar-refractivity contribution in [1.29, 1.82) is 0 Å². The Hall–Kier alpha value is -1.85. The first kappa shape index (κ1) is 10.00. The van der Waals surface area contributed by atoms with Gasteiger partial charge in [-0.15, -0.1) is 0 Å². The molecule has 19 heavy (non-hydrogen) atoms. The molecule has 0 bridgehead atoms. The first-order valence-corrected chi connectivity index (χ1v) is 7.67. The van der Waals surface area contributed by atoms with Gasteiger partial charge in [0.2, 0.25) is 0 Å². The summed E-state index contributed by atoms with van der Waals surface area (Å²) in [6.45, 7) is 0.943. The second-order valence-corrected chi connectivity index (χ2v) is 6.66. The van der Waals surface area contributed by atoms with Gasteiger partial charge in [-0.1, -0.05) is 22.7 Å². The van der Waals surface area contributed by atoms with E-state index in [9.17, 15) is 0 Å². The zero-order valence-electron chi connectivity index (χ0n) is 9.83. The number of rotatable bonds is 0. The maximum atomic E-state index is 4.26. The van der Waals surface area contributed by atoms with Gasteiger partial charge in [-0.05, 0) is 12.1 Å². The van der Waals surface area contributed by atoms with E-state index in [1.54, 1.807) is 0 Å². The summed E-state index contributed by atoms with van der Waals surface area (Å²) in [7, 11) is 0. The van der Waals surface area contributed by atoms with Crippen molar-refractivity contribution in [2.24, 2.45) is 0 Å². The van der Waals surface area contributed by atoms with Crippen molar-refractivity contribution in [2.45, 2.75) is 6.54 Å². The molecule has 5 rings (SSSR count). The monoisotopic (exact) mass is 282 g/mol. The molecule has 5 heterocycles. The summed E-state index contributed by atoms with van der Waals surface area (Å²) in [4.78, 5) is 9.84. The fourth-order valence-electron chi connectivity index (χ4n) is 2.70. The third-order valence-electron chi connectivity index (χ3n) is 3.58. The van der Waals surface area contributed by atoms with Crippen LogP contribution in [-0.2, 0) is 6.54 Å². The lowest BCUT2D eigenvalue weighted by atomic mass is 10.2. The molecule has 0 fully saturated rings. The van der Waals surface area contributed by atoms with Gasteiger partial charge in [0.15, 0.2) is 6.54 Å². The van der Waals surface area contributed by atoms with Crippen LogP contribution in [0.15, 0.2) is 36.9 Å². The zero-order chi connectivity index (χ0) is 12.4. The second kappa shape index (κ2) is 3.37. The number of hydrogen-bond donors (Lipinski definition) is 0. The topological polar surface area (TPSA) is 29.7 Å². The van der Waals surface area contributed by atoms with Gasteiger partial charge in [0, 0.05) is 40.4 Å². The van der Waals surface area contributed by atoms with Crippen LogP contribution in [0.25, 0.3) is 30.2 Å². The van der Waals surface area contributed by atoms with Gasteiger partial charge in [-0.3, -0.25) is 9.97 Å². The van der Waals surface area contributed by atoms with Gasteiger partial charge < -0.3 is 0 Å². The van der Waals surface area contributed by atoms with Crippen LogP contribution in [0.3, 0.4) is 0 Å². The molecule has 4 aromatic heterocycles. The number of thiazole rings is 1. The quantitative estimate of drug-likeness (QED) is 0.408. The van der Waals surface area contributed by atoms with Crippen molar-refractivity contribution in [3.8, 4) is 10.6 Å². The van der Waals surface area contributed by atoms with Gasteiger partial charge >= 0.3 is 0 Å². The number of fused-ring (bicyclic) bond motifs is 7. The summed E-state index contributed by atoms with van der Waals surface area (Å²) in [5.74, 6) is 0. The second-order valence-electron chi connectivity index (χ2n) is 4.63. The molecule has 4 aromatic rings. The Morgan fingerprint density at radius 2 is 1.95 bits per heavy atom.